The molecule has 3 rings (SSSR count). The van der Waals surface area contributed by atoms with Gasteiger partial charge in [-0.3, -0.25) is 0 Å². The summed E-state index contributed by atoms with van der Waals surface area (Å²) in [6, 6.07) is 12.5. The fourth-order valence-corrected chi connectivity index (χ4v) is 3.07. The Kier molecular flexibility index (Phi) is 5.43. The molecule has 0 aliphatic carbocycles. The highest BCUT2D eigenvalue weighted by Gasteiger charge is 2.21. The highest BCUT2D eigenvalue weighted by molar-refractivity contribution is 6.31. The predicted octanol–water partition coefficient (Wildman–Crippen LogP) is 4.40. The van der Waals surface area contributed by atoms with Crippen molar-refractivity contribution in [1.29, 1.82) is 0 Å². The minimum absolute atomic E-state index is 0.00172. The molecule has 25 heavy (non-hydrogen) atoms. The van der Waals surface area contributed by atoms with Gasteiger partial charge in [-0.15, -0.1) is 0 Å². The molecule has 0 spiro atoms. The Bertz CT molecular complexity index is 743. The smallest absolute Gasteiger partial charge is 0.321 e. The van der Waals surface area contributed by atoms with Gasteiger partial charge < -0.3 is 15.1 Å². The van der Waals surface area contributed by atoms with E-state index < -0.39 is 5.82 Å². The third kappa shape index (κ3) is 4.23. The van der Waals surface area contributed by atoms with Crippen molar-refractivity contribution < 1.29 is 9.18 Å². The summed E-state index contributed by atoms with van der Waals surface area (Å²) in [4.78, 5) is 16.4. The van der Waals surface area contributed by atoms with Crippen LogP contribution in [0.4, 0.5) is 20.6 Å². The molecule has 1 aliphatic rings. The third-order valence-corrected chi connectivity index (χ3v) is 4.74. The first kappa shape index (κ1) is 17.5. The van der Waals surface area contributed by atoms with Crippen LogP contribution < -0.4 is 10.2 Å². The number of amides is 2. The average Bonchev–Trinajstić information content (AvgIpc) is 2.65. The molecule has 2 amide bonds. The number of hydrogen-bond donors (Lipinski definition) is 1. The molecule has 1 fully saturated rings. The Morgan fingerprint density at radius 2 is 1.80 bits per heavy atom. The molecule has 0 aromatic heterocycles. The first-order valence-corrected chi connectivity index (χ1v) is 8.79. The van der Waals surface area contributed by atoms with Crippen LogP contribution in [0.2, 0.25) is 5.02 Å². The Morgan fingerprint density at radius 1 is 1.12 bits per heavy atom. The van der Waals surface area contributed by atoms with Crippen LogP contribution in [-0.4, -0.2) is 37.1 Å². The number of piperazine rings is 1. The SMILES string of the molecule is CCc1ccc(N2CCN(C(=O)Nc3ccc(F)c(Cl)c3)CC2)cc1. The van der Waals surface area contributed by atoms with Gasteiger partial charge in [0, 0.05) is 37.6 Å². The summed E-state index contributed by atoms with van der Waals surface area (Å²) >= 11 is 5.74. The van der Waals surface area contributed by atoms with Crippen molar-refractivity contribution in [3.05, 3.63) is 58.9 Å². The first-order valence-electron chi connectivity index (χ1n) is 8.41. The molecular formula is C19H21ClFN3O. The number of aryl methyl sites for hydroxylation is 1. The van der Waals surface area contributed by atoms with Gasteiger partial charge in [-0.05, 0) is 42.3 Å². The number of halogens is 2. The summed E-state index contributed by atoms with van der Waals surface area (Å²) in [5.74, 6) is -0.498. The van der Waals surface area contributed by atoms with Crippen molar-refractivity contribution in [2.75, 3.05) is 36.4 Å². The van der Waals surface area contributed by atoms with E-state index in [4.69, 9.17) is 11.6 Å². The van der Waals surface area contributed by atoms with Crippen molar-refractivity contribution >= 4 is 29.0 Å². The van der Waals surface area contributed by atoms with Crippen LogP contribution in [0, 0.1) is 5.82 Å². The molecule has 0 unspecified atom stereocenters. The van der Waals surface area contributed by atoms with E-state index in [1.807, 2.05) is 0 Å². The summed E-state index contributed by atoms with van der Waals surface area (Å²) < 4.78 is 13.2. The van der Waals surface area contributed by atoms with Gasteiger partial charge in [0.1, 0.15) is 5.82 Å². The normalized spacial score (nSPS) is 14.5. The van der Waals surface area contributed by atoms with E-state index in [9.17, 15) is 9.18 Å². The number of nitrogens with zero attached hydrogens (tertiary/aromatic N) is 2. The number of nitrogens with one attached hydrogen (secondary N) is 1. The lowest BCUT2D eigenvalue weighted by Gasteiger charge is -2.36. The maximum atomic E-state index is 13.2. The maximum Gasteiger partial charge on any atom is 0.321 e. The molecule has 2 aromatic rings. The molecule has 132 valence electrons. The lowest BCUT2D eigenvalue weighted by molar-refractivity contribution is 0.208. The van der Waals surface area contributed by atoms with Crippen LogP contribution in [0.25, 0.3) is 0 Å². The fraction of sp³-hybridized carbons (Fsp3) is 0.316. The minimum atomic E-state index is -0.498. The molecule has 1 aliphatic heterocycles. The second-order valence-electron chi connectivity index (χ2n) is 6.05. The standard InChI is InChI=1S/C19H21ClFN3O/c1-2-14-3-6-16(7-4-14)23-9-11-24(12-10-23)19(25)22-15-5-8-18(21)17(20)13-15/h3-8,13H,2,9-12H2,1H3,(H,22,25). The number of anilines is 2. The molecule has 6 heteroatoms. The average molecular weight is 362 g/mol. The highest BCUT2D eigenvalue weighted by Crippen LogP contribution is 2.21. The quantitative estimate of drug-likeness (QED) is 0.879. The number of rotatable bonds is 3. The number of carbonyl (C=O) groups is 1. The Morgan fingerprint density at radius 3 is 2.40 bits per heavy atom. The fourth-order valence-electron chi connectivity index (χ4n) is 2.89. The highest BCUT2D eigenvalue weighted by atomic mass is 35.5. The zero-order chi connectivity index (χ0) is 17.8. The summed E-state index contributed by atoms with van der Waals surface area (Å²) in [7, 11) is 0. The van der Waals surface area contributed by atoms with E-state index in [0.29, 0.717) is 18.8 Å². The summed E-state index contributed by atoms with van der Waals surface area (Å²) in [5, 5.41) is 2.76. The number of benzene rings is 2. The molecular weight excluding hydrogens is 341 g/mol. The van der Waals surface area contributed by atoms with Gasteiger partial charge in [0.25, 0.3) is 0 Å². The molecule has 4 nitrogen and oxygen atoms in total. The van der Waals surface area contributed by atoms with Crippen molar-refractivity contribution in [3.8, 4) is 0 Å². The lowest BCUT2D eigenvalue weighted by atomic mass is 10.1. The molecule has 0 radical (unpaired) electrons. The van der Waals surface area contributed by atoms with Gasteiger partial charge >= 0.3 is 6.03 Å². The van der Waals surface area contributed by atoms with E-state index in [-0.39, 0.29) is 11.1 Å². The molecule has 0 bridgehead atoms. The molecule has 0 saturated carbocycles. The van der Waals surface area contributed by atoms with E-state index in [0.717, 1.165) is 19.5 Å². The van der Waals surface area contributed by atoms with Crippen LogP contribution in [0.1, 0.15) is 12.5 Å². The zero-order valence-corrected chi connectivity index (χ0v) is 14.9. The second-order valence-corrected chi connectivity index (χ2v) is 6.46. The van der Waals surface area contributed by atoms with Gasteiger partial charge in [-0.2, -0.15) is 0 Å². The Labute approximate surface area is 152 Å². The van der Waals surface area contributed by atoms with E-state index in [2.05, 4.69) is 41.4 Å². The lowest BCUT2D eigenvalue weighted by Crippen LogP contribution is -2.50. The summed E-state index contributed by atoms with van der Waals surface area (Å²) in [6.07, 6.45) is 1.03. The molecule has 2 aromatic carbocycles. The van der Waals surface area contributed by atoms with Crippen LogP contribution >= 0.6 is 11.6 Å². The molecule has 1 N–H and O–H groups in total. The Hall–Kier alpha value is -2.27. The first-order chi connectivity index (χ1) is 12.1. The monoisotopic (exact) mass is 361 g/mol. The second kappa shape index (κ2) is 7.74. The molecule has 1 saturated heterocycles. The largest absolute Gasteiger partial charge is 0.368 e. The van der Waals surface area contributed by atoms with Gasteiger partial charge in [0.2, 0.25) is 0 Å². The molecule has 1 heterocycles. The van der Waals surface area contributed by atoms with Gasteiger partial charge in [0.15, 0.2) is 0 Å². The van der Waals surface area contributed by atoms with Crippen LogP contribution in [0.15, 0.2) is 42.5 Å². The third-order valence-electron chi connectivity index (χ3n) is 4.45. The Balaban J connectivity index is 1.55. The maximum absolute atomic E-state index is 13.2. The van der Waals surface area contributed by atoms with Crippen molar-refractivity contribution in [1.82, 2.24) is 4.90 Å². The summed E-state index contributed by atoms with van der Waals surface area (Å²) in [5.41, 5.74) is 3.00. The van der Waals surface area contributed by atoms with Gasteiger partial charge in [-0.1, -0.05) is 30.7 Å². The van der Waals surface area contributed by atoms with E-state index >= 15 is 0 Å². The predicted molar refractivity (Wildman–Crippen MR) is 100 cm³/mol. The van der Waals surface area contributed by atoms with E-state index in [1.165, 1.54) is 29.4 Å². The number of carbonyl (C=O) groups excluding carboxylic acids is 1. The van der Waals surface area contributed by atoms with Gasteiger partial charge in [0.05, 0.1) is 5.02 Å². The zero-order valence-electron chi connectivity index (χ0n) is 14.1. The van der Waals surface area contributed by atoms with Crippen LogP contribution in [-0.2, 0) is 6.42 Å². The van der Waals surface area contributed by atoms with Crippen molar-refractivity contribution in [2.45, 2.75) is 13.3 Å². The topological polar surface area (TPSA) is 35.6 Å². The van der Waals surface area contributed by atoms with E-state index in [1.54, 1.807) is 4.90 Å². The van der Waals surface area contributed by atoms with Crippen LogP contribution in [0.5, 0.6) is 0 Å². The van der Waals surface area contributed by atoms with Crippen molar-refractivity contribution in [3.63, 3.8) is 0 Å². The van der Waals surface area contributed by atoms with Crippen molar-refractivity contribution in [2.24, 2.45) is 0 Å². The van der Waals surface area contributed by atoms with Crippen LogP contribution in [0.3, 0.4) is 0 Å². The minimum Gasteiger partial charge on any atom is -0.368 e. The number of urea groups is 1. The number of hydrogen-bond acceptors (Lipinski definition) is 2. The molecule has 0 atom stereocenters. The van der Waals surface area contributed by atoms with Gasteiger partial charge in [-0.25, -0.2) is 9.18 Å². The summed E-state index contributed by atoms with van der Waals surface area (Å²) in [6.45, 7) is 4.97.